The molecule has 1 aromatic heterocycles. The van der Waals surface area contributed by atoms with Crippen LogP contribution >= 0.6 is 0 Å². The number of piperidine rings is 1. The van der Waals surface area contributed by atoms with Crippen molar-refractivity contribution in [1.29, 1.82) is 0 Å². The molecular weight excluding hydrogens is 370 g/mol. The second-order valence-corrected chi connectivity index (χ2v) is 8.88. The van der Waals surface area contributed by atoms with E-state index in [0.717, 1.165) is 32.0 Å². The average Bonchev–Trinajstić information content (AvgIpc) is 3.01. The quantitative estimate of drug-likeness (QED) is 0.738. The zero-order valence-electron chi connectivity index (χ0n) is 14.7. The Morgan fingerprint density at radius 2 is 1.78 bits per heavy atom. The van der Waals surface area contributed by atoms with Gasteiger partial charge in [0.25, 0.3) is 0 Å². The predicted octanol–water partition coefficient (Wildman–Crippen LogP) is 3.75. The number of hydrogen-bond donors (Lipinski definition) is 1. The Hall–Kier alpha value is -2.25. The van der Waals surface area contributed by atoms with Crippen molar-refractivity contribution in [3.63, 3.8) is 0 Å². The van der Waals surface area contributed by atoms with Gasteiger partial charge in [-0.15, -0.1) is 0 Å². The number of halogens is 2. The van der Waals surface area contributed by atoms with Crippen LogP contribution in [0.15, 0.2) is 58.5 Å². The highest BCUT2D eigenvalue weighted by Crippen LogP contribution is 2.32. The van der Waals surface area contributed by atoms with E-state index in [-0.39, 0.29) is 9.79 Å². The first-order valence-electron chi connectivity index (χ1n) is 8.95. The largest absolute Gasteiger partial charge is 0.346 e. The lowest BCUT2D eigenvalue weighted by Crippen LogP contribution is -2.29. The van der Waals surface area contributed by atoms with Gasteiger partial charge >= 0.3 is 0 Å². The zero-order valence-corrected chi connectivity index (χ0v) is 15.5. The van der Waals surface area contributed by atoms with E-state index in [0.29, 0.717) is 23.4 Å². The molecule has 0 spiro atoms. The van der Waals surface area contributed by atoms with Gasteiger partial charge in [0.2, 0.25) is 9.84 Å². The molecule has 0 atom stereocenters. The maximum atomic E-state index is 13.9. The van der Waals surface area contributed by atoms with Crippen LogP contribution in [0.3, 0.4) is 0 Å². The van der Waals surface area contributed by atoms with Crippen LogP contribution in [0, 0.1) is 17.6 Å². The summed E-state index contributed by atoms with van der Waals surface area (Å²) in [6, 6.07) is 9.05. The third-order valence-corrected chi connectivity index (χ3v) is 6.90. The Morgan fingerprint density at radius 1 is 1.04 bits per heavy atom. The summed E-state index contributed by atoms with van der Waals surface area (Å²) in [6.07, 6.45) is 3.54. The Morgan fingerprint density at radius 3 is 2.52 bits per heavy atom. The number of nitrogens with one attached hydrogen (secondary N) is 1. The number of hydrogen-bond acceptors (Lipinski definition) is 3. The summed E-state index contributed by atoms with van der Waals surface area (Å²) < 4.78 is 55.5. The molecule has 0 bridgehead atoms. The van der Waals surface area contributed by atoms with Crippen molar-refractivity contribution in [2.45, 2.75) is 29.2 Å². The molecule has 1 aliphatic heterocycles. The Kier molecular flexibility index (Phi) is 4.74. The Balaban J connectivity index is 1.83. The van der Waals surface area contributed by atoms with E-state index in [1.807, 2.05) is 4.57 Å². The maximum Gasteiger partial charge on any atom is 0.208 e. The molecule has 0 radical (unpaired) electrons. The monoisotopic (exact) mass is 390 g/mol. The molecule has 1 saturated heterocycles. The van der Waals surface area contributed by atoms with Crippen LogP contribution in [-0.2, 0) is 16.4 Å². The molecule has 4 nitrogen and oxygen atoms in total. The fourth-order valence-electron chi connectivity index (χ4n) is 3.70. The summed E-state index contributed by atoms with van der Waals surface area (Å²) in [5.74, 6) is -0.628. The van der Waals surface area contributed by atoms with Crippen molar-refractivity contribution < 1.29 is 17.2 Å². The first-order chi connectivity index (χ1) is 12.9. The minimum absolute atomic E-state index is 0.0806. The van der Waals surface area contributed by atoms with Crippen LogP contribution in [0.25, 0.3) is 10.9 Å². The van der Waals surface area contributed by atoms with Crippen LogP contribution in [0.4, 0.5) is 8.78 Å². The molecule has 4 rings (SSSR count). The average molecular weight is 390 g/mol. The van der Waals surface area contributed by atoms with Crippen LogP contribution in [0.1, 0.15) is 12.8 Å². The lowest BCUT2D eigenvalue weighted by molar-refractivity contribution is 0.336. The normalized spacial score (nSPS) is 16.1. The molecule has 1 aliphatic rings. The molecule has 7 heteroatoms. The molecule has 2 aromatic carbocycles. The van der Waals surface area contributed by atoms with E-state index < -0.39 is 21.5 Å². The van der Waals surface area contributed by atoms with Crippen molar-refractivity contribution in [2.75, 3.05) is 13.1 Å². The highest BCUT2D eigenvalue weighted by atomic mass is 32.2. The van der Waals surface area contributed by atoms with Gasteiger partial charge in [0, 0.05) is 18.1 Å². The Labute approximate surface area is 156 Å². The Bertz CT molecular complexity index is 1090. The summed E-state index contributed by atoms with van der Waals surface area (Å²) in [4.78, 5) is -0.0234. The van der Waals surface area contributed by atoms with Crippen molar-refractivity contribution in [3.05, 3.63) is 60.3 Å². The number of nitrogens with zero attached hydrogens (tertiary/aromatic N) is 1. The fraction of sp³-hybridized carbons (Fsp3) is 0.300. The number of rotatable bonds is 4. The lowest BCUT2D eigenvalue weighted by atomic mass is 9.98. The van der Waals surface area contributed by atoms with Crippen molar-refractivity contribution in [3.8, 4) is 0 Å². The molecule has 3 aromatic rings. The summed E-state index contributed by atoms with van der Waals surface area (Å²) in [7, 11) is -3.92. The molecule has 27 heavy (non-hydrogen) atoms. The van der Waals surface area contributed by atoms with Gasteiger partial charge < -0.3 is 9.88 Å². The van der Waals surface area contributed by atoms with E-state index >= 15 is 0 Å². The molecule has 2 heterocycles. The number of aromatic nitrogens is 1. The molecule has 142 valence electrons. The summed E-state index contributed by atoms with van der Waals surface area (Å²) in [5.41, 5.74) is 0.545. The van der Waals surface area contributed by atoms with Crippen LogP contribution < -0.4 is 5.32 Å². The van der Waals surface area contributed by atoms with Crippen LogP contribution in [-0.4, -0.2) is 26.1 Å². The van der Waals surface area contributed by atoms with E-state index in [1.165, 1.54) is 36.4 Å². The van der Waals surface area contributed by atoms with E-state index in [2.05, 4.69) is 5.32 Å². The topological polar surface area (TPSA) is 51.1 Å². The zero-order chi connectivity index (χ0) is 19.0. The third-order valence-electron chi connectivity index (χ3n) is 5.12. The molecule has 1 N–H and O–H groups in total. The highest BCUT2D eigenvalue weighted by molar-refractivity contribution is 7.91. The fourth-order valence-corrected chi connectivity index (χ4v) is 5.21. The standard InChI is InChI=1S/C20H20F2N2O2S/c21-15-2-1-3-17(10-15)27(25,26)20-13-24(12-14-6-8-23-9-7-14)19-11-16(22)4-5-18(19)20/h1-5,10-11,13-14,23H,6-9,12H2. The smallest absolute Gasteiger partial charge is 0.208 e. The van der Waals surface area contributed by atoms with Gasteiger partial charge in [-0.2, -0.15) is 0 Å². The van der Waals surface area contributed by atoms with Gasteiger partial charge in [0.05, 0.1) is 15.3 Å². The highest BCUT2D eigenvalue weighted by Gasteiger charge is 2.25. The summed E-state index contributed by atoms with van der Waals surface area (Å²) in [6.45, 7) is 2.47. The molecule has 1 fully saturated rings. The predicted molar refractivity (Wildman–Crippen MR) is 99.3 cm³/mol. The van der Waals surface area contributed by atoms with Gasteiger partial charge in [-0.1, -0.05) is 6.07 Å². The van der Waals surface area contributed by atoms with E-state index in [1.54, 1.807) is 6.20 Å². The molecular formula is C20H20F2N2O2S. The minimum atomic E-state index is -3.92. The third kappa shape index (κ3) is 3.49. The van der Waals surface area contributed by atoms with Crippen molar-refractivity contribution in [2.24, 2.45) is 5.92 Å². The number of benzene rings is 2. The van der Waals surface area contributed by atoms with Crippen LogP contribution in [0.2, 0.25) is 0 Å². The first kappa shape index (κ1) is 18.1. The van der Waals surface area contributed by atoms with Gasteiger partial charge in [0.1, 0.15) is 11.6 Å². The van der Waals surface area contributed by atoms with Gasteiger partial charge in [-0.25, -0.2) is 17.2 Å². The number of fused-ring (bicyclic) bond motifs is 1. The van der Waals surface area contributed by atoms with E-state index in [4.69, 9.17) is 0 Å². The van der Waals surface area contributed by atoms with Crippen LogP contribution in [0.5, 0.6) is 0 Å². The first-order valence-corrected chi connectivity index (χ1v) is 10.4. The second-order valence-electron chi connectivity index (χ2n) is 6.96. The molecule has 0 saturated carbocycles. The van der Waals surface area contributed by atoms with Crippen molar-refractivity contribution >= 4 is 20.7 Å². The molecule has 0 unspecified atom stereocenters. The summed E-state index contributed by atoms with van der Waals surface area (Å²) >= 11 is 0. The number of sulfone groups is 1. The van der Waals surface area contributed by atoms with Crippen molar-refractivity contribution in [1.82, 2.24) is 9.88 Å². The van der Waals surface area contributed by atoms with Gasteiger partial charge in [-0.05, 0) is 68.2 Å². The van der Waals surface area contributed by atoms with Gasteiger partial charge in [-0.3, -0.25) is 0 Å². The molecule has 0 aliphatic carbocycles. The van der Waals surface area contributed by atoms with E-state index in [9.17, 15) is 17.2 Å². The lowest BCUT2D eigenvalue weighted by Gasteiger charge is -2.23. The second kappa shape index (κ2) is 7.05. The maximum absolute atomic E-state index is 13.9. The minimum Gasteiger partial charge on any atom is -0.346 e. The molecule has 0 amide bonds. The SMILES string of the molecule is O=S(=O)(c1cccc(F)c1)c1cn(CC2CCNCC2)c2cc(F)ccc12. The van der Waals surface area contributed by atoms with Gasteiger partial charge in [0.15, 0.2) is 0 Å². The summed E-state index contributed by atoms with van der Waals surface area (Å²) in [5, 5.41) is 3.76.